The maximum Gasteiger partial charge on any atom is 0.471 e. The van der Waals surface area contributed by atoms with Crippen molar-refractivity contribution in [2.45, 2.75) is 12.7 Å². The van der Waals surface area contributed by atoms with Gasteiger partial charge in [0.2, 0.25) is 0 Å². The molecule has 1 rings (SSSR count). The van der Waals surface area contributed by atoms with E-state index >= 15 is 0 Å². The monoisotopic (exact) mass is 224 g/mol. The molecule has 0 radical (unpaired) electrons. The SMILES string of the molecule is CN(Cc1cscn1)C(=O)C(F)(F)F. The van der Waals surface area contributed by atoms with Crippen LogP contribution in [0.15, 0.2) is 10.9 Å². The van der Waals surface area contributed by atoms with Gasteiger partial charge in [0.25, 0.3) is 0 Å². The van der Waals surface area contributed by atoms with Gasteiger partial charge in [-0.1, -0.05) is 0 Å². The first-order valence-corrected chi connectivity index (χ1v) is 4.55. The second-order valence-electron chi connectivity index (χ2n) is 2.64. The van der Waals surface area contributed by atoms with Gasteiger partial charge in [-0.3, -0.25) is 4.79 Å². The van der Waals surface area contributed by atoms with Crippen LogP contribution in [0.4, 0.5) is 13.2 Å². The van der Waals surface area contributed by atoms with E-state index in [0.29, 0.717) is 10.6 Å². The minimum absolute atomic E-state index is 0.123. The van der Waals surface area contributed by atoms with E-state index in [2.05, 4.69) is 4.98 Å². The molecule has 1 aromatic rings. The van der Waals surface area contributed by atoms with Crippen LogP contribution in [0.3, 0.4) is 0 Å². The third-order valence-corrected chi connectivity index (χ3v) is 2.11. The number of carbonyl (C=O) groups is 1. The largest absolute Gasteiger partial charge is 0.471 e. The van der Waals surface area contributed by atoms with E-state index in [4.69, 9.17) is 0 Å². The number of alkyl halides is 3. The van der Waals surface area contributed by atoms with Gasteiger partial charge in [-0.25, -0.2) is 4.98 Å². The first-order valence-electron chi connectivity index (χ1n) is 3.60. The van der Waals surface area contributed by atoms with Crippen LogP contribution >= 0.6 is 11.3 Å². The lowest BCUT2D eigenvalue weighted by molar-refractivity contribution is -0.184. The molecule has 0 fully saturated rings. The number of halogens is 3. The van der Waals surface area contributed by atoms with Crippen LogP contribution in [0.5, 0.6) is 0 Å². The Labute approximate surface area is 82.2 Å². The van der Waals surface area contributed by atoms with Gasteiger partial charge in [-0.2, -0.15) is 13.2 Å². The van der Waals surface area contributed by atoms with Crippen LogP contribution in [-0.4, -0.2) is 29.0 Å². The standard InChI is InChI=1S/C7H7F3N2OS/c1-12(6(13)7(8,9)10)2-5-3-14-4-11-5/h3-4H,2H2,1H3. The predicted molar refractivity (Wildman–Crippen MR) is 44.6 cm³/mol. The average molecular weight is 224 g/mol. The number of rotatable bonds is 2. The summed E-state index contributed by atoms with van der Waals surface area (Å²) in [5.74, 6) is -1.86. The molecular formula is C7H7F3N2OS. The molecule has 1 heterocycles. The minimum Gasteiger partial charge on any atom is -0.332 e. The van der Waals surface area contributed by atoms with Crippen LogP contribution in [0.2, 0.25) is 0 Å². The van der Waals surface area contributed by atoms with Crippen molar-refractivity contribution >= 4 is 17.2 Å². The first-order chi connectivity index (χ1) is 6.41. The Bertz CT molecular complexity index is 309. The molecule has 0 bridgehead atoms. The Hall–Kier alpha value is -1.11. The summed E-state index contributed by atoms with van der Waals surface area (Å²) >= 11 is 1.27. The molecule has 0 spiro atoms. The molecule has 0 aliphatic heterocycles. The van der Waals surface area contributed by atoms with Crippen molar-refractivity contribution in [2.24, 2.45) is 0 Å². The van der Waals surface area contributed by atoms with Crippen LogP contribution in [-0.2, 0) is 11.3 Å². The molecule has 0 atom stereocenters. The Balaban J connectivity index is 2.59. The second kappa shape index (κ2) is 3.95. The molecule has 78 valence electrons. The Morgan fingerprint density at radius 3 is 2.71 bits per heavy atom. The zero-order valence-electron chi connectivity index (χ0n) is 7.21. The molecule has 0 aromatic carbocycles. The van der Waals surface area contributed by atoms with Crippen molar-refractivity contribution in [3.05, 3.63) is 16.6 Å². The van der Waals surface area contributed by atoms with E-state index in [9.17, 15) is 18.0 Å². The van der Waals surface area contributed by atoms with Gasteiger partial charge in [0, 0.05) is 12.4 Å². The van der Waals surface area contributed by atoms with Gasteiger partial charge in [-0.05, 0) is 0 Å². The van der Waals surface area contributed by atoms with Crippen LogP contribution < -0.4 is 0 Å². The maximum absolute atomic E-state index is 11.9. The summed E-state index contributed by atoms with van der Waals surface area (Å²) in [6, 6.07) is 0. The Morgan fingerprint density at radius 1 is 1.64 bits per heavy atom. The van der Waals surface area contributed by atoms with Crippen molar-refractivity contribution in [3.8, 4) is 0 Å². The summed E-state index contributed by atoms with van der Waals surface area (Å²) in [5, 5.41) is 1.60. The van der Waals surface area contributed by atoms with Gasteiger partial charge in [0.15, 0.2) is 0 Å². The molecule has 3 nitrogen and oxygen atoms in total. The fourth-order valence-corrected chi connectivity index (χ4v) is 1.40. The lowest BCUT2D eigenvalue weighted by atomic mass is 10.4. The molecule has 0 aliphatic rings. The summed E-state index contributed by atoms with van der Waals surface area (Å²) in [5.41, 5.74) is 1.96. The molecule has 7 heteroatoms. The molecule has 0 saturated carbocycles. The van der Waals surface area contributed by atoms with E-state index in [1.54, 1.807) is 5.38 Å². The maximum atomic E-state index is 11.9. The number of thiazole rings is 1. The van der Waals surface area contributed by atoms with Gasteiger partial charge < -0.3 is 4.90 Å². The first kappa shape index (κ1) is 11.0. The molecule has 0 saturated heterocycles. The number of aromatic nitrogens is 1. The van der Waals surface area contributed by atoms with Crippen molar-refractivity contribution in [2.75, 3.05) is 7.05 Å². The topological polar surface area (TPSA) is 33.2 Å². The molecular weight excluding hydrogens is 217 g/mol. The van der Waals surface area contributed by atoms with E-state index in [1.807, 2.05) is 0 Å². The second-order valence-corrected chi connectivity index (χ2v) is 3.36. The van der Waals surface area contributed by atoms with Crippen molar-refractivity contribution in [1.82, 2.24) is 9.88 Å². The van der Waals surface area contributed by atoms with Gasteiger partial charge in [-0.15, -0.1) is 11.3 Å². The molecule has 14 heavy (non-hydrogen) atoms. The van der Waals surface area contributed by atoms with Crippen molar-refractivity contribution in [3.63, 3.8) is 0 Å². The zero-order chi connectivity index (χ0) is 10.8. The van der Waals surface area contributed by atoms with Crippen molar-refractivity contribution in [1.29, 1.82) is 0 Å². The highest BCUT2D eigenvalue weighted by Crippen LogP contribution is 2.18. The third-order valence-electron chi connectivity index (χ3n) is 1.47. The van der Waals surface area contributed by atoms with Gasteiger partial charge in [0.05, 0.1) is 17.7 Å². The highest BCUT2D eigenvalue weighted by Gasteiger charge is 2.41. The van der Waals surface area contributed by atoms with Gasteiger partial charge >= 0.3 is 12.1 Å². The highest BCUT2D eigenvalue weighted by atomic mass is 32.1. The van der Waals surface area contributed by atoms with E-state index in [0.717, 1.165) is 7.05 Å². The average Bonchev–Trinajstić information content (AvgIpc) is 2.53. The Kier molecular flexibility index (Phi) is 3.10. The van der Waals surface area contributed by atoms with Crippen LogP contribution in [0.1, 0.15) is 5.69 Å². The predicted octanol–water partition coefficient (Wildman–Crippen LogP) is 1.66. The normalized spacial score (nSPS) is 11.4. The van der Waals surface area contributed by atoms with Gasteiger partial charge in [0.1, 0.15) is 0 Å². The number of hydrogen-bond donors (Lipinski definition) is 0. The minimum atomic E-state index is -4.81. The van der Waals surface area contributed by atoms with E-state index in [-0.39, 0.29) is 6.54 Å². The Morgan fingerprint density at radius 2 is 2.29 bits per heavy atom. The number of amides is 1. The number of carbonyl (C=O) groups excluding carboxylic acids is 1. The number of nitrogens with zero attached hydrogens (tertiary/aromatic N) is 2. The number of hydrogen-bond acceptors (Lipinski definition) is 3. The zero-order valence-corrected chi connectivity index (χ0v) is 8.02. The van der Waals surface area contributed by atoms with Crippen LogP contribution in [0, 0.1) is 0 Å². The summed E-state index contributed by atoms with van der Waals surface area (Å²) < 4.78 is 35.8. The lowest BCUT2D eigenvalue weighted by Crippen LogP contribution is -2.37. The smallest absolute Gasteiger partial charge is 0.332 e. The summed E-state index contributed by atoms with van der Waals surface area (Å²) in [7, 11) is 1.09. The summed E-state index contributed by atoms with van der Waals surface area (Å²) in [6.07, 6.45) is -4.81. The molecule has 1 amide bonds. The van der Waals surface area contributed by atoms with Crippen LogP contribution in [0.25, 0.3) is 0 Å². The fraction of sp³-hybridized carbons (Fsp3) is 0.429. The summed E-state index contributed by atoms with van der Waals surface area (Å²) in [4.78, 5) is 15.0. The van der Waals surface area contributed by atoms with E-state index in [1.165, 1.54) is 16.8 Å². The quantitative estimate of drug-likeness (QED) is 0.765. The third kappa shape index (κ3) is 2.69. The molecule has 0 N–H and O–H groups in total. The molecule has 0 aliphatic carbocycles. The summed E-state index contributed by atoms with van der Waals surface area (Å²) in [6.45, 7) is -0.123. The molecule has 1 aromatic heterocycles. The molecule has 0 unspecified atom stereocenters. The van der Waals surface area contributed by atoms with E-state index < -0.39 is 12.1 Å². The fourth-order valence-electron chi connectivity index (χ4n) is 0.847. The van der Waals surface area contributed by atoms with Crippen molar-refractivity contribution < 1.29 is 18.0 Å². The lowest BCUT2D eigenvalue weighted by Gasteiger charge is -2.17. The highest BCUT2D eigenvalue weighted by molar-refractivity contribution is 7.07.